The number of aliphatic hydroxyl groups is 3. The molecule has 2 heterocycles. The summed E-state index contributed by atoms with van der Waals surface area (Å²) < 4.78 is 5.87. The average Bonchev–Trinajstić information content (AvgIpc) is 2.67. The predicted molar refractivity (Wildman–Crippen MR) is 62.4 cm³/mol. The smallest absolute Gasteiger partial charge is 0.330 e. The molecule has 104 valence electrons. The van der Waals surface area contributed by atoms with Crippen molar-refractivity contribution in [3.63, 3.8) is 0 Å². The van der Waals surface area contributed by atoms with Crippen LogP contribution in [0.4, 0.5) is 4.79 Å². The minimum absolute atomic E-state index is 0.490. The van der Waals surface area contributed by atoms with Crippen LogP contribution < -0.4 is 10.9 Å². The van der Waals surface area contributed by atoms with Gasteiger partial charge in [0.25, 0.3) is 5.56 Å². The molecule has 4 atom stereocenters. The molecule has 1 saturated heterocycles. The zero-order chi connectivity index (χ0) is 14.0. The van der Waals surface area contributed by atoms with E-state index in [0.29, 0.717) is 0 Å². The summed E-state index contributed by atoms with van der Waals surface area (Å²) in [6.07, 6.45) is -3.58. The van der Waals surface area contributed by atoms with Gasteiger partial charge in [0, 0.05) is 12.3 Å². The lowest BCUT2D eigenvalue weighted by Crippen LogP contribution is -2.47. The fourth-order valence-electron chi connectivity index (χ4n) is 1.81. The Balaban J connectivity index is 2.08. The number of nitrogens with one attached hydrogen (secondary N) is 1. The maximum absolute atomic E-state index is 11.8. The van der Waals surface area contributed by atoms with Crippen LogP contribution in [0.25, 0.3) is 0 Å². The van der Waals surface area contributed by atoms with Gasteiger partial charge in [0.2, 0.25) is 0 Å². The van der Waals surface area contributed by atoms with Crippen LogP contribution in [-0.4, -0.2) is 57.1 Å². The van der Waals surface area contributed by atoms with E-state index in [1.807, 2.05) is 0 Å². The highest BCUT2D eigenvalue weighted by molar-refractivity contribution is 5.76. The van der Waals surface area contributed by atoms with Crippen molar-refractivity contribution in [1.82, 2.24) is 9.88 Å². The van der Waals surface area contributed by atoms with Crippen LogP contribution in [0.5, 0.6) is 0 Å². The second-order valence-electron chi connectivity index (χ2n) is 4.12. The van der Waals surface area contributed by atoms with E-state index in [1.165, 1.54) is 24.4 Å². The van der Waals surface area contributed by atoms with Crippen molar-refractivity contribution >= 4 is 6.03 Å². The third-order valence-corrected chi connectivity index (χ3v) is 2.85. The Morgan fingerprint density at radius 1 is 1.37 bits per heavy atom. The van der Waals surface area contributed by atoms with Crippen LogP contribution in [0.15, 0.2) is 29.2 Å². The van der Waals surface area contributed by atoms with Gasteiger partial charge in [-0.1, -0.05) is 6.07 Å². The van der Waals surface area contributed by atoms with Crippen molar-refractivity contribution in [3.8, 4) is 0 Å². The maximum atomic E-state index is 11.8. The lowest BCUT2D eigenvalue weighted by atomic mass is 10.1. The molecule has 1 amide bonds. The van der Waals surface area contributed by atoms with Gasteiger partial charge in [0.1, 0.15) is 18.3 Å². The first-order chi connectivity index (χ1) is 9.04. The summed E-state index contributed by atoms with van der Waals surface area (Å²) in [5, 5.41) is 30.3. The number of hydrogen-bond donors (Lipinski definition) is 4. The fraction of sp³-hybridized carbons (Fsp3) is 0.455. The molecular formula is C11H14N2O6. The number of aliphatic hydroxyl groups excluding tert-OH is 3. The quantitative estimate of drug-likeness (QED) is 0.486. The minimum atomic E-state index is -1.37. The normalized spacial score (nSPS) is 30.3. The number of ether oxygens (including phenoxy) is 1. The van der Waals surface area contributed by atoms with Crippen LogP contribution in [0.1, 0.15) is 0 Å². The van der Waals surface area contributed by atoms with Gasteiger partial charge in [-0.05, 0) is 6.07 Å². The number of aromatic nitrogens is 1. The highest BCUT2D eigenvalue weighted by Gasteiger charge is 2.43. The van der Waals surface area contributed by atoms with E-state index in [9.17, 15) is 19.8 Å². The van der Waals surface area contributed by atoms with E-state index in [-0.39, 0.29) is 0 Å². The molecule has 0 aromatic carbocycles. The molecule has 1 aliphatic rings. The Bertz CT molecular complexity index is 516. The molecule has 19 heavy (non-hydrogen) atoms. The Morgan fingerprint density at radius 3 is 2.68 bits per heavy atom. The van der Waals surface area contributed by atoms with Crippen molar-refractivity contribution in [3.05, 3.63) is 34.7 Å². The number of hydrogen-bond acceptors (Lipinski definition) is 6. The average molecular weight is 270 g/mol. The molecule has 8 heteroatoms. The first-order valence-corrected chi connectivity index (χ1v) is 5.65. The maximum Gasteiger partial charge on any atom is 0.330 e. The highest BCUT2D eigenvalue weighted by Crippen LogP contribution is 2.19. The van der Waals surface area contributed by atoms with E-state index in [4.69, 9.17) is 9.84 Å². The van der Waals surface area contributed by atoms with Gasteiger partial charge in [-0.15, -0.1) is 0 Å². The van der Waals surface area contributed by atoms with Crippen molar-refractivity contribution < 1.29 is 24.9 Å². The molecule has 1 aliphatic heterocycles. The Labute approximate surface area is 107 Å². The number of nitrogens with zero attached hydrogens (tertiary/aromatic N) is 1. The van der Waals surface area contributed by atoms with Crippen LogP contribution in [0, 0.1) is 0 Å². The van der Waals surface area contributed by atoms with Gasteiger partial charge in [-0.3, -0.25) is 4.79 Å². The molecule has 1 aromatic heterocycles. The molecule has 2 rings (SSSR count). The minimum Gasteiger partial charge on any atom is -0.394 e. The van der Waals surface area contributed by atoms with Crippen molar-refractivity contribution in [2.24, 2.45) is 0 Å². The molecule has 0 radical (unpaired) electrons. The van der Waals surface area contributed by atoms with Crippen molar-refractivity contribution in [2.45, 2.75) is 24.5 Å². The lowest BCUT2D eigenvalue weighted by molar-refractivity contribution is -0.0284. The summed E-state index contributed by atoms with van der Waals surface area (Å²) in [7, 11) is 0. The number of rotatable bonds is 2. The third-order valence-electron chi connectivity index (χ3n) is 2.85. The molecule has 0 aliphatic carbocycles. The molecule has 4 N–H and O–H groups in total. The first kappa shape index (κ1) is 13.7. The molecular weight excluding hydrogens is 256 g/mol. The van der Waals surface area contributed by atoms with E-state index in [2.05, 4.69) is 5.32 Å². The van der Waals surface area contributed by atoms with Gasteiger partial charge in [-0.25, -0.2) is 9.36 Å². The first-order valence-electron chi connectivity index (χ1n) is 5.65. The van der Waals surface area contributed by atoms with E-state index in [0.717, 1.165) is 4.57 Å². The van der Waals surface area contributed by atoms with Gasteiger partial charge >= 0.3 is 6.03 Å². The SMILES string of the molecule is O=C(NC1O[C@H](CO)[C@@H](O)[C@H]1O)n1ccccc1=O. The van der Waals surface area contributed by atoms with Gasteiger partial charge < -0.3 is 25.4 Å². The fourth-order valence-corrected chi connectivity index (χ4v) is 1.81. The standard InChI is InChI=1S/C11H14N2O6/c14-5-6-8(16)9(17)10(19-6)12-11(18)13-4-2-1-3-7(13)15/h1-4,6,8-10,14,16-17H,5H2,(H,12,18)/t6-,8-,9-,10?/m1/s1. The van der Waals surface area contributed by atoms with Crippen LogP contribution in [-0.2, 0) is 4.74 Å². The third kappa shape index (κ3) is 2.66. The second-order valence-corrected chi connectivity index (χ2v) is 4.12. The largest absolute Gasteiger partial charge is 0.394 e. The Kier molecular flexibility index (Phi) is 3.96. The molecule has 1 fully saturated rings. The van der Waals surface area contributed by atoms with Crippen molar-refractivity contribution in [1.29, 1.82) is 0 Å². The number of pyridine rings is 1. The summed E-state index contributed by atoms with van der Waals surface area (Å²) in [5.74, 6) is 0. The van der Waals surface area contributed by atoms with Gasteiger partial charge in [-0.2, -0.15) is 0 Å². The van der Waals surface area contributed by atoms with Crippen LogP contribution >= 0.6 is 0 Å². The molecule has 0 spiro atoms. The van der Waals surface area contributed by atoms with Crippen LogP contribution in [0.3, 0.4) is 0 Å². The zero-order valence-electron chi connectivity index (χ0n) is 9.84. The van der Waals surface area contributed by atoms with Gasteiger partial charge in [0.15, 0.2) is 6.23 Å². The van der Waals surface area contributed by atoms with Crippen LogP contribution in [0.2, 0.25) is 0 Å². The summed E-state index contributed by atoms with van der Waals surface area (Å²) >= 11 is 0. The predicted octanol–water partition coefficient (Wildman–Crippen LogP) is -2.15. The number of amides is 1. The topological polar surface area (TPSA) is 121 Å². The summed E-state index contributed by atoms with van der Waals surface area (Å²) in [5.41, 5.74) is -0.535. The summed E-state index contributed by atoms with van der Waals surface area (Å²) in [6.45, 7) is -0.490. The lowest BCUT2D eigenvalue weighted by Gasteiger charge is -2.16. The van der Waals surface area contributed by atoms with E-state index >= 15 is 0 Å². The Morgan fingerprint density at radius 2 is 2.11 bits per heavy atom. The van der Waals surface area contributed by atoms with Gasteiger partial charge in [0.05, 0.1) is 6.61 Å². The highest BCUT2D eigenvalue weighted by atomic mass is 16.6. The zero-order valence-corrected chi connectivity index (χ0v) is 9.84. The second kappa shape index (κ2) is 5.49. The monoisotopic (exact) mass is 270 g/mol. The van der Waals surface area contributed by atoms with E-state index < -0.39 is 42.7 Å². The molecule has 8 nitrogen and oxygen atoms in total. The molecule has 0 bridgehead atoms. The Hall–Kier alpha value is -1.74. The molecule has 1 unspecified atom stereocenters. The van der Waals surface area contributed by atoms with Crippen molar-refractivity contribution in [2.75, 3.05) is 6.61 Å². The summed E-state index contributed by atoms with van der Waals surface area (Å²) in [4.78, 5) is 23.2. The number of carbonyl (C=O) groups excluding carboxylic acids is 1. The van der Waals surface area contributed by atoms with E-state index in [1.54, 1.807) is 0 Å². The number of carbonyl (C=O) groups is 1. The summed E-state index contributed by atoms with van der Waals surface area (Å²) in [6, 6.07) is 3.40. The molecule has 0 saturated carbocycles. The molecule has 1 aromatic rings.